The molecule has 3 N–H and O–H groups in total. The molecular formula is C47H64N4O6Si. The minimum atomic E-state index is -2.91. The standard InChI is InChI=1S/C47H64N4O6Si/c1-8-34-27-29-35(30-28-34)32-39-44(55)51-31-19-25-40(51)43(54)48-38(42(53)50-47(7,9-2)45(56)49-39)24-17-12-18-26-41(52)33(3)57-58(46(4,5)6,36-20-13-10-14-21-36)37-22-15-11-16-23-37/h10-11,13-16,20-23,27-30,33,38-40H,8-9,12,17-19,24-26,31-32H2,1-7H3,(H,48,54)(H,49,56)(H,50,53)/t33-,38-,39-,40+,47-/m0/s1. The zero-order valence-corrected chi connectivity index (χ0v) is 36.6. The molecule has 0 saturated carbocycles. The molecule has 2 fully saturated rings. The van der Waals surface area contributed by atoms with Gasteiger partial charge in [-0.05, 0) is 78.9 Å². The number of nitrogens with one attached hydrogen (secondary N) is 3. The Balaban J connectivity index is 1.25. The van der Waals surface area contributed by atoms with Gasteiger partial charge in [-0.2, -0.15) is 0 Å². The van der Waals surface area contributed by atoms with Crippen LogP contribution in [0.3, 0.4) is 0 Å². The summed E-state index contributed by atoms with van der Waals surface area (Å²) in [5.41, 5.74) is 0.750. The topological polar surface area (TPSA) is 134 Å². The van der Waals surface area contributed by atoms with E-state index >= 15 is 0 Å². The number of rotatable bonds is 15. The van der Waals surface area contributed by atoms with Crippen LogP contribution in [0.4, 0.5) is 0 Å². The lowest BCUT2D eigenvalue weighted by atomic mass is 9.94. The molecule has 3 aromatic carbocycles. The molecule has 4 amide bonds. The van der Waals surface area contributed by atoms with Gasteiger partial charge < -0.3 is 25.3 Å². The first-order chi connectivity index (χ1) is 27.6. The number of carbonyl (C=O) groups excluding carboxylic acids is 5. The summed E-state index contributed by atoms with van der Waals surface area (Å²) in [6.07, 6.45) is 4.37. The SMILES string of the molecule is CCc1ccc(C[C@@H]2NC(=O)[C@](C)(CC)NC(=O)[C@H](CCCCCC(=O)[C@H](C)O[Si](c3ccccc3)(c3ccccc3)C(C)(C)C)NC(=O)[C@H]3CCCN3C2=O)cc1. The van der Waals surface area contributed by atoms with Crippen LogP contribution in [0, 0.1) is 0 Å². The Bertz CT molecular complexity index is 1840. The molecule has 3 aromatic rings. The molecule has 0 unspecified atom stereocenters. The number of ketones is 1. The first kappa shape index (κ1) is 44.5. The van der Waals surface area contributed by atoms with Gasteiger partial charge in [0.2, 0.25) is 23.6 Å². The lowest BCUT2D eigenvalue weighted by Crippen LogP contribution is -2.68. The lowest BCUT2D eigenvalue weighted by Gasteiger charge is -2.44. The highest BCUT2D eigenvalue weighted by atomic mass is 28.4. The zero-order chi connectivity index (χ0) is 42.1. The summed E-state index contributed by atoms with van der Waals surface area (Å²) >= 11 is 0. The molecule has 2 saturated heterocycles. The van der Waals surface area contributed by atoms with Gasteiger partial charge in [0.25, 0.3) is 8.32 Å². The molecule has 0 aliphatic carbocycles. The van der Waals surface area contributed by atoms with Gasteiger partial charge in [0.15, 0.2) is 5.78 Å². The van der Waals surface area contributed by atoms with Crippen molar-refractivity contribution < 1.29 is 28.4 Å². The second-order valence-electron chi connectivity index (χ2n) is 17.3. The predicted molar refractivity (Wildman–Crippen MR) is 231 cm³/mol. The normalized spacial score (nSPS) is 22.5. The van der Waals surface area contributed by atoms with Crippen LogP contribution in [0.25, 0.3) is 0 Å². The van der Waals surface area contributed by atoms with Crippen LogP contribution in [0.15, 0.2) is 84.9 Å². The number of aryl methyl sites for hydroxylation is 1. The van der Waals surface area contributed by atoms with Crippen molar-refractivity contribution in [2.45, 2.75) is 147 Å². The molecule has 0 spiro atoms. The molecule has 5 atom stereocenters. The Labute approximate surface area is 346 Å². The molecule has 58 heavy (non-hydrogen) atoms. The number of Topliss-reactive ketones (excluding diaryl/α,β-unsaturated/α-hetero) is 1. The van der Waals surface area contributed by atoms with E-state index in [4.69, 9.17) is 4.43 Å². The number of amides is 4. The van der Waals surface area contributed by atoms with Crippen LogP contribution in [0.1, 0.15) is 111 Å². The molecule has 0 aromatic heterocycles. The fraction of sp³-hybridized carbons (Fsp3) is 0.511. The van der Waals surface area contributed by atoms with Gasteiger partial charge >= 0.3 is 0 Å². The summed E-state index contributed by atoms with van der Waals surface area (Å²) in [6, 6.07) is 26.0. The number of unbranched alkanes of at least 4 members (excludes halogenated alkanes) is 2. The van der Waals surface area contributed by atoms with Crippen LogP contribution in [0.2, 0.25) is 5.04 Å². The highest BCUT2D eigenvalue weighted by molar-refractivity contribution is 6.99. The Morgan fingerprint density at radius 1 is 0.828 bits per heavy atom. The van der Waals surface area contributed by atoms with Gasteiger partial charge in [0.05, 0.1) is 0 Å². The van der Waals surface area contributed by atoms with Crippen molar-refractivity contribution in [2.75, 3.05) is 6.54 Å². The van der Waals surface area contributed by atoms with Gasteiger partial charge in [-0.3, -0.25) is 24.0 Å². The number of benzene rings is 3. The number of hydrogen-bond acceptors (Lipinski definition) is 6. The Morgan fingerprint density at radius 2 is 1.43 bits per heavy atom. The van der Waals surface area contributed by atoms with Crippen LogP contribution < -0.4 is 26.3 Å². The summed E-state index contributed by atoms with van der Waals surface area (Å²) in [5.74, 6) is -1.53. The van der Waals surface area contributed by atoms with Crippen molar-refractivity contribution in [3.05, 3.63) is 96.1 Å². The van der Waals surface area contributed by atoms with Crippen molar-refractivity contribution >= 4 is 48.1 Å². The van der Waals surface area contributed by atoms with Crippen molar-refractivity contribution in [2.24, 2.45) is 0 Å². The highest BCUT2D eigenvalue weighted by Gasteiger charge is 2.51. The summed E-state index contributed by atoms with van der Waals surface area (Å²) in [4.78, 5) is 71.2. The molecule has 10 nitrogen and oxygen atoms in total. The van der Waals surface area contributed by atoms with Crippen molar-refractivity contribution in [3.8, 4) is 0 Å². The molecule has 312 valence electrons. The van der Waals surface area contributed by atoms with E-state index in [-0.39, 0.29) is 35.5 Å². The molecule has 2 heterocycles. The summed E-state index contributed by atoms with van der Waals surface area (Å²) in [7, 11) is -2.91. The van der Waals surface area contributed by atoms with E-state index in [9.17, 15) is 24.0 Å². The molecule has 2 aliphatic rings. The van der Waals surface area contributed by atoms with Gasteiger partial charge in [-0.15, -0.1) is 0 Å². The third-order valence-electron chi connectivity index (χ3n) is 12.2. The largest absolute Gasteiger partial charge is 0.398 e. The molecule has 0 bridgehead atoms. The molecule has 0 radical (unpaired) electrons. The van der Waals surface area contributed by atoms with Gasteiger partial charge in [-0.1, -0.05) is 132 Å². The van der Waals surface area contributed by atoms with E-state index in [1.54, 1.807) is 11.8 Å². The first-order valence-corrected chi connectivity index (χ1v) is 23.2. The van der Waals surface area contributed by atoms with Crippen LogP contribution >= 0.6 is 0 Å². The summed E-state index contributed by atoms with van der Waals surface area (Å²) < 4.78 is 7.04. The van der Waals surface area contributed by atoms with Crippen LogP contribution in [-0.2, 0) is 41.2 Å². The highest BCUT2D eigenvalue weighted by Crippen LogP contribution is 2.37. The second kappa shape index (κ2) is 19.4. The number of hydrogen-bond donors (Lipinski definition) is 3. The predicted octanol–water partition coefficient (Wildman–Crippen LogP) is 5.54. The fourth-order valence-electron chi connectivity index (χ4n) is 8.42. The maximum absolute atomic E-state index is 14.1. The quantitative estimate of drug-likeness (QED) is 0.137. The zero-order valence-electron chi connectivity index (χ0n) is 35.6. The average molecular weight is 809 g/mol. The minimum Gasteiger partial charge on any atom is -0.398 e. The number of fused-ring (bicyclic) bond motifs is 1. The molecule has 5 rings (SSSR count). The van der Waals surface area contributed by atoms with Crippen molar-refractivity contribution in [1.29, 1.82) is 0 Å². The summed E-state index contributed by atoms with van der Waals surface area (Å²) in [5, 5.41) is 10.8. The smallest absolute Gasteiger partial charge is 0.262 e. The second-order valence-corrected chi connectivity index (χ2v) is 21.6. The third kappa shape index (κ3) is 10.1. The molecule has 11 heteroatoms. The van der Waals surface area contributed by atoms with Crippen LogP contribution in [-0.4, -0.2) is 78.9 Å². The maximum atomic E-state index is 14.1. The fourth-order valence-corrected chi connectivity index (χ4v) is 13.1. The van der Waals surface area contributed by atoms with E-state index < -0.39 is 49.9 Å². The lowest BCUT2D eigenvalue weighted by molar-refractivity contribution is -0.144. The first-order valence-electron chi connectivity index (χ1n) is 21.3. The monoisotopic (exact) mass is 808 g/mol. The number of nitrogens with zero attached hydrogens (tertiary/aromatic N) is 1. The summed E-state index contributed by atoms with van der Waals surface area (Å²) in [6.45, 7) is 14.4. The molecule has 2 aliphatic heterocycles. The van der Waals surface area contributed by atoms with E-state index in [0.717, 1.165) is 22.4 Å². The van der Waals surface area contributed by atoms with E-state index in [0.29, 0.717) is 51.5 Å². The number of carbonyl (C=O) groups is 5. The Morgan fingerprint density at radius 3 is 2.00 bits per heavy atom. The van der Waals surface area contributed by atoms with E-state index in [2.05, 4.69) is 67.9 Å². The van der Waals surface area contributed by atoms with E-state index in [1.807, 2.05) is 74.5 Å². The average Bonchev–Trinajstić information content (AvgIpc) is 3.72. The van der Waals surface area contributed by atoms with Crippen LogP contribution in [0.5, 0.6) is 0 Å². The molecular weight excluding hydrogens is 745 g/mol. The van der Waals surface area contributed by atoms with Gasteiger partial charge in [0, 0.05) is 19.4 Å². The Kier molecular flexibility index (Phi) is 14.9. The third-order valence-corrected chi connectivity index (χ3v) is 17.3. The van der Waals surface area contributed by atoms with Gasteiger partial charge in [0.1, 0.15) is 29.8 Å². The Hall–Kier alpha value is -4.61. The van der Waals surface area contributed by atoms with Gasteiger partial charge in [-0.25, -0.2) is 0 Å². The van der Waals surface area contributed by atoms with Crippen molar-refractivity contribution in [3.63, 3.8) is 0 Å². The van der Waals surface area contributed by atoms with Crippen molar-refractivity contribution in [1.82, 2.24) is 20.9 Å². The van der Waals surface area contributed by atoms with E-state index in [1.165, 1.54) is 5.56 Å². The maximum Gasteiger partial charge on any atom is 0.262 e. The minimum absolute atomic E-state index is 0.0250.